The fourth-order valence-electron chi connectivity index (χ4n) is 5.45. The average Bonchev–Trinajstić information content (AvgIpc) is 3.37. The highest BCUT2D eigenvalue weighted by atomic mass is 32.2. The summed E-state index contributed by atoms with van der Waals surface area (Å²) in [5.41, 5.74) is 0.672. The molecule has 33 heavy (non-hydrogen) atoms. The van der Waals surface area contributed by atoms with E-state index in [0.29, 0.717) is 23.2 Å². The molecule has 3 amide bonds. The zero-order valence-corrected chi connectivity index (χ0v) is 18.9. The van der Waals surface area contributed by atoms with Crippen LogP contribution in [0, 0.1) is 24.0 Å². The number of hydrogen-bond donors (Lipinski definition) is 3. The van der Waals surface area contributed by atoms with Crippen LogP contribution in [-0.2, 0) is 19.9 Å². The number of hydrogen-bond acceptors (Lipinski definition) is 8. The number of nitrogens with one attached hydrogen (secondary N) is 2. The Morgan fingerprint density at radius 1 is 1.18 bits per heavy atom. The minimum absolute atomic E-state index is 0.0935. The molecule has 3 heterocycles. The molecule has 0 bridgehead atoms. The zero-order chi connectivity index (χ0) is 23.5. The van der Waals surface area contributed by atoms with Crippen LogP contribution in [0.5, 0.6) is 0 Å². The first-order chi connectivity index (χ1) is 15.8. The number of rotatable bonds is 5. The summed E-state index contributed by atoms with van der Waals surface area (Å²) in [6.07, 6.45) is 2.57. The number of nitrogens with zero attached hydrogens (tertiary/aromatic N) is 2. The van der Waals surface area contributed by atoms with E-state index < -0.39 is 29.2 Å². The van der Waals surface area contributed by atoms with E-state index in [2.05, 4.69) is 10.6 Å². The molecule has 0 radical (unpaired) electrons. The molecule has 1 spiro atoms. The van der Waals surface area contributed by atoms with Crippen molar-refractivity contribution in [2.75, 3.05) is 27.5 Å². The van der Waals surface area contributed by atoms with Crippen LogP contribution in [0.3, 0.4) is 0 Å². The molecule has 172 valence electrons. The summed E-state index contributed by atoms with van der Waals surface area (Å²) in [4.78, 5) is 42.1. The number of fused-ring (bicyclic) bond motifs is 4. The number of amides is 3. The third-order valence-electron chi connectivity index (χ3n) is 6.91. The Morgan fingerprint density at radius 3 is 2.67 bits per heavy atom. The zero-order valence-electron chi connectivity index (χ0n) is 18.1. The highest BCUT2D eigenvalue weighted by Crippen LogP contribution is 2.54. The molecule has 9 nitrogen and oxygen atoms in total. The molecule has 5 rings (SSSR count). The number of benzene rings is 2. The topological polar surface area (TPSA) is 125 Å². The van der Waals surface area contributed by atoms with Crippen LogP contribution in [0.15, 0.2) is 42.5 Å². The van der Waals surface area contributed by atoms with Gasteiger partial charge in [-0.2, -0.15) is 11.8 Å². The minimum Gasteiger partial charge on any atom is -0.733 e. The second-order valence-electron chi connectivity index (χ2n) is 8.60. The number of imide groups is 1. The van der Waals surface area contributed by atoms with Crippen molar-refractivity contribution in [2.45, 2.75) is 24.9 Å². The Kier molecular flexibility index (Phi) is 5.20. The van der Waals surface area contributed by atoms with E-state index in [1.54, 1.807) is 30.8 Å². The summed E-state index contributed by atoms with van der Waals surface area (Å²) in [6.45, 7) is 1.72. The molecule has 2 fully saturated rings. The van der Waals surface area contributed by atoms with Gasteiger partial charge in [0.2, 0.25) is 17.7 Å². The normalized spacial score (nSPS) is 27.8. The molecule has 3 aliphatic heterocycles. The van der Waals surface area contributed by atoms with Crippen molar-refractivity contribution in [1.82, 2.24) is 5.32 Å². The highest BCUT2D eigenvalue weighted by Gasteiger charge is 2.70. The van der Waals surface area contributed by atoms with Crippen molar-refractivity contribution in [3.05, 3.63) is 58.8 Å². The Bertz CT molecular complexity index is 1170. The van der Waals surface area contributed by atoms with Gasteiger partial charge in [-0.1, -0.05) is 24.3 Å². The summed E-state index contributed by atoms with van der Waals surface area (Å²) >= 11 is 1.63. The predicted molar refractivity (Wildman–Crippen MR) is 125 cm³/mol. The Labute approximate surface area is 194 Å². The van der Waals surface area contributed by atoms with Gasteiger partial charge in [0.25, 0.3) is 0 Å². The molecule has 2 saturated heterocycles. The van der Waals surface area contributed by atoms with Gasteiger partial charge in [-0.15, -0.1) is 0 Å². The van der Waals surface area contributed by atoms with Crippen LogP contribution >= 0.6 is 11.8 Å². The number of para-hydroxylation sites is 1. The summed E-state index contributed by atoms with van der Waals surface area (Å²) in [7, 11) is 0. The average molecular weight is 468 g/mol. The van der Waals surface area contributed by atoms with Crippen LogP contribution in [0.1, 0.15) is 17.5 Å². The lowest BCUT2D eigenvalue weighted by Crippen LogP contribution is -2.53. The van der Waals surface area contributed by atoms with E-state index in [4.69, 9.17) is 0 Å². The third kappa shape index (κ3) is 3.02. The molecule has 2 aromatic rings. The van der Waals surface area contributed by atoms with Crippen molar-refractivity contribution in [3.63, 3.8) is 0 Å². The van der Waals surface area contributed by atoms with Gasteiger partial charge in [-0.05, 0) is 49.1 Å². The van der Waals surface area contributed by atoms with Crippen molar-refractivity contribution in [2.24, 2.45) is 11.8 Å². The molecule has 0 saturated carbocycles. The van der Waals surface area contributed by atoms with Gasteiger partial charge >= 0.3 is 0 Å². The Hall–Kier alpha value is -2.92. The lowest BCUT2D eigenvalue weighted by Gasteiger charge is -2.30. The van der Waals surface area contributed by atoms with E-state index in [1.807, 2.05) is 24.5 Å². The second kappa shape index (κ2) is 7.84. The first-order valence-corrected chi connectivity index (χ1v) is 12.0. The first-order valence-electron chi connectivity index (χ1n) is 10.6. The lowest BCUT2D eigenvalue weighted by molar-refractivity contribution is -0.130. The molecule has 0 aliphatic carbocycles. The summed E-state index contributed by atoms with van der Waals surface area (Å²) in [5, 5.41) is 26.8. The maximum Gasteiger partial charge on any atom is 0.250 e. The number of aryl methyl sites for hydroxylation is 1. The van der Waals surface area contributed by atoms with Gasteiger partial charge in [0, 0.05) is 17.3 Å². The fraction of sp³-hybridized carbons (Fsp3) is 0.348. The van der Waals surface area contributed by atoms with Gasteiger partial charge in [-0.25, -0.2) is 4.90 Å². The van der Waals surface area contributed by atoms with Crippen LogP contribution < -0.4 is 20.8 Å². The minimum atomic E-state index is -1.35. The van der Waals surface area contributed by atoms with Gasteiger partial charge in [0.05, 0.1) is 23.2 Å². The predicted octanol–water partition coefficient (Wildman–Crippen LogP) is 2.37. The SMILES string of the molecule is CSCC[C@H]1N[C@@]2(C(=O)Nc3ccccc32)[C@@H]2C(=O)N(c3cc(N([O-])O)ccc3C)C(=O)[C@H]21. The maximum absolute atomic E-state index is 13.9. The largest absolute Gasteiger partial charge is 0.733 e. The molecule has 0 aromatic heterocycles. The van der Waals surface area contributed by atoms with Gasteiger partial charge in [-0.3, -0.25) is 24.9 Å². The third-order valence-corrected chi connectivity index (χ3v) is 7.55. The van der Waals surface area contributed by atoms with Crippen molar-refractivity contribution in [3.8, 4) is 0 Å². The Balaban J connectivity index is 1.65. The van der Waals surface area contributed by atoms with E-state index in [-0.39, 0.29) is 28.6 Å². The molecule has 2 aromatic carbocycles. The molecule has 10 heteroatoms. The Morgan fingerprint density at radius 2 is 1.94 bits per heavy atom. The molecule has 4 atom stereocenters. The van der Waals surface area contributed by atoms with Gasteiger partial charge in [0.15, 0.2) is 0 Å². The van der Waals surface area contributed by atoms with Crippen molar-refractivity contribution in [1.29, 1.82) is 0 Å². The van der Waals surface area contributed by atoms with Crippen LogP contribution in [-0.4, -0.2) is 41.0 Å². The van der Waals surface area contributed by atoms with Gasteiger partial charge < -0.3 is 15.8 Å². The number of thioether (sulfide) groups is 1. The van der Waals surface area contributed by atoms with Crippen LogP contribution in [0.2, 0.25) is 0 Å². The van der Waals surface area contributed by atoms with E-state index in [0.717, 1.165) is 10.7 Å². The van der Waals surface area contributed by atoms with Crippen molar-refractivity contribution >= 4 is 46.5 Å². The monoisotopic (exact) mass is 467 g/mol. The van der Waals surface area contributed by atoms with Crippen LogP contribution in [0.25, 0.3) is 0 Å². The maximum atomic E-state index is 13.9. The standard InChI is InChI=1S/C23H23N4O5S/c1-12-7-8-13(27(31)32)11-17(12)26-20(28)18-16(9-10-33-2)25-23(19(18)21(26)29)14-5-3-4-6-15(14)24-22(23)30/h3-8,11,16,18-19,25,31H,9-10H2,1-2H3,(H,24,30)/q-1/t16-,18+,19+,23-/m1/s1. The van der Waals surface area contributed by atoms with Crippen molar-refractivity contribution < 1.29 is 19.6 Å². The summed E-state index contributed by atoms with van der Waals surface area (Å²) in [5.74, 6) is -2.16. The smallest absolute Gasteiger partial charge is 0.250 e. The molecular weight excluding hydrogens is 444 g/mol. The number of carbonyl (C=O) groups excluding carboxylic acids is 3. The molecule has 0 unspecified atom stereocenters. The summed E-state index contributed by atoms with van der Waals surface area (Å²) in [6, 6.07) is 11.1. The van der Waals surface area contributed by atoms with Crippen LogP contribution in [0.4, 0.5) is 17.1 Å². The summed E-state index contributed by atoms with van der Waals surface area (Å²) < 4.78 is 0. The first kappa shape index (κ1) is 21.9. The molecule has 3 N–H and O–H groups in total. The van der Waals surface area contributed by atoms with E-state index in [9.17, 15) is 24.8 Å². The lowest BCUT2D eigenvalue weighted by atomic mass is 9.76. The van der Waals surface area contributed by atoms with Gasteiger partial charge in [0.1, 0.15) is 5.54 Å². The quantitative estimate of drug-likeness (QED) is 0.452. The second-order valence-corrected chi connectivity index (χ2v) is 9.58. The fourth-order valence-corrected chi connectivity index (χ4v) is 5.94. The highest BCUT2D eigenvalue weighted by molar-refractivity contribution is 7.98. The molecule has 3 aliphatic rings. The van der Waals surface area contributed by atoms with E-state index in [1.165, 1.54) is 12.1 Å². The van der Waals surface area contributed by atoms with E-state index >= 15 is 0 Å². The molecular formula is C23H23N4O5S-. The number of carbonyl (C=O) groups is 3. The number of anilines is 3.